The topological polar surface area (TPSA) is 41.1 Å². The van der Waals surface area contributed by atoms with E-state index in [0.717, 1.165) is 11.1 Å². The maximum Gasteiger partial charge on any atom is 0.273 e. The van der Waals surface area contributed by atoms with Gasteiger partial charge in [0.05, 0.1) is 0 Å². The quantitative estimate of drug-likeness (QED) is 0.552. The van der Waals surface area contributed by atoms with E-state index in [-0.39, 0.29) is 5.91 Å². The predicted octanol–water partition coefficient (Wildman–Crippen LogP) is 1.34. The van der Waals surface area contributed by atoms with Crippen LogP contribution in [0.5, 0.6) is 0 Å². The van der Waals surface area contributed by atoms with Gasteiger partial charge in [0, 0.05) is 0 Å². The molecule has 0 unspecified atom stereocenters. The van der Waals surface area contributed by atoms with Gasteiger partial charge in [-0.3, -0.25) is 10.1 Å². The number of carbonyl (C=O) groups excluding carboxylic acids is 1. The fourth-order valence-electron chi connectivity index (χ4n) is 1.41. The third-order valence-electron chi connectivity index (χ3n) is 2.07. The Balaban J connectivity index is 2.31. The van der Waals surface area contributed by atoms with Crippen LogP contribution in [0.3, 0.4) is 0 Å². The van der Waals surface area contributed by atoms with Crippen LogP contribution in [0.4, 0.5) is 0 Å². The number of nitrogens with one attached hydrogen (secondary N) is 2. The minimum absolute atomic E-state index is 0.179. The summed E-state index contributed by atoms with van der Waals surface area (Å²) in [5.41, 5.74) is 2.63. The van der Waals surface area contributed by atoms with Crippen LogP contribution in [0.15, 0.2) is 30.0 Å². The van der Waals surface area contributed by atoms with E-state index in [2.05, 4.69) is 10.6 Å². The zero-order chi connectivity index (χ0) is 10.8. The first-order valence-corrected chi connectivity index (χ1v) is 4.97. The lowest BCUT2D eigenvalue weighted by molar-refractivity contribution is -0.115. The number of benzene rings is 1. The molecule has 0 saturated carbocycles. The molecule has 1 amide bonds. The molecule has 2 N–H and O–H groups in total. The van der Waals surface area contributed by atoms with Crippen molar-refractivity contribution in [3.63, 3.8) is 0 Å². The number of carbonyl (C=O) groups is 1. The Morgan fingerprint density at radius 3 is 2.73 bits per heavy atom. The molecule has 3 nitrogen and oxygen atoms in total. The van der Waals surface area contributed by atoms with Gasteiger partial charge in [-0.05, 0) is 30.8 Å². The summed E-state index contributed by atoms with van der Waals surface area (Å²) >= 11 is 4.83. The molecule has 1 fully saturated rings. The molecule has 1 saturated heterocycles. The summed E-state index contributed by atoms with van der Waals surface area (Å²) < 4.78 is 0. The van der Waals surface area contributed by atoms with Crippen LogP contribution in [0.1, 0.15) is 11.1 Å². The van der Waals surface area contributed by atoms with E-state index in [9.17, 15) is 4.79 Å². The largest absolute Gasteiger partial charge is 0.328 e. The van der Waals surface area contributed by atoms with Gasteiger partial charge in [-0.2, -0.15) is 0 Å². The van der Waals surface area contributed by atoms with E-state index in [1.165, 1.54) is 0 Å². The molecular weight excluding hydrogens is 208 g/mol. The number of amides is 1. The molecule has 0 radical (unpaired) electrons. The standard InChI is InChI=1S/C11H10N2OS/c1-7-3-2-4-8(5-7)6-9-10(14)13-11(15)12-9/h2-6H,1H3,(H2,12,13,14,15). The molecule has 1 heterocycles. The van der Waals surface area contributed by atoms with Crippen LogP contribution in [0.2, 0.25) is 0 Å². The molecule has 2 rings (SSSR count). The number of thiocarbonyl (C=S) groups is 1. The predicted molar refractivity (Wildman–Crippen MR) is 63.0 cm³/mol. The third-order valence-corrected chi connectivity index (χ3v) is 2.28. The summed E-state index contributed by atoms with van der Waals surface area (Å²) in [6.45, 7) is 2.01. The molecule has 1 aromatic rings. The van der Waals surface area contributed by atoms with Gasteiger partial charge in [0.1, 0.15) is 5.70 Å². The lowest BCUT2D eigenvalue weighted by atomic mass is 10.1. The normalized spacial score (nSPS) is 17.8. The first-order valence-electron chi connectivity index (χ1n) is 4.56. The molecular formula is C11H10N2OS. The minimum Gasteiger partial charge on any atom is -0.328 e. The van der Waals surface area contributed by atoms with Gasteiger partial charge in [-0.25, -0.2) is 0 Å². The Morgan fingerprint density at radius 1 is 1.33 bits per heavy atom. The molecule has 1 aromatic carbocycles. The Morgan fingerprint density at radius 2 is 2.13 bits per heavy atom. The first-order chi connectivity index (χ1) is 7.15. The molecule has 0 bridgehead atoms. The summed E-state index contributed by atoms with van der Waals surface area (Å²) in [6.07, 6.45) is 1.78. The second-order valence-corrected chi connectivity index (χ2v) is 3.79. The Hall–Kier alpha value is -1.68. The number of hydrogen-bond donors (Lipinski definition) is 2. The average Bonchev–Trinajstić information content (AvgIpc) is 2.45. The average molecular weight is 218 g/mol. The van der Waals surface area contributed by atoms with Gasteiger partial charge >= 0.3 is 0 Å². The summed E-state index contributed by atoms with van der Waals surface area (Å²) in [7, 11) is 0. The van der Waals surface area contributed by atoms with Crippen LogP contribution in [-0.2, 0) is 4.79 Å². The zero-order valence-electron chi connectivity index (χ0n) is 8.20. The molecule has 0 aliphatic carbocycles. The van der Waals surface area contributed by atoms with Crippen LogP contribution in [0, 0.1) is 6.92 Å². The molecule has 0 aromatic heterocycles. The SMILES string of the molecule is Cc1cccc(C=C2NC(=S)NC2=O)c1. The van der Waals surface area contributed by atoms with Gasteiger partial charge < -0.3 is 5.32 Å². The molecule has 1 aliphatic heterocycles. The van der Waals surface area contributed by atoms with Crippen molar-refractivity contribution in [3.05, 3.63) is 41.1 Å². The van der Waals surface area contributed by atoms with E-state index >= 15 is 0 Å². The molecule has 0 atom stereocenters. The molecule has 1 aliphatic rings. The highest BCUT2D eigenvalue weighted by atomic mass is 32.1. The minimum atomic E-state index is -0.179. The lowest BCUT2D eigenvalue weighted by Crippen LogP contribution is -2.21. The fourth-order valence-corrected chi connectivity index (χ4v) is 1.61. The number of aryl methyl sites for hydroxylation is 1. The van der Waals surface area contributed by atoms with Gasteiger partial charge in [-0.1, -0.05) is 29.8 Å². The Bertz CT molecular complexity index is 465. The second-order valence-electron chi connectivity index (χ2n) is 3.38. The van der Waals surface area contributed by atoms with Crippen molar-refractivity contribution in [2.24, 2.45) is 0 Å². The molecule has 76 valence electrons. The van der Waals surface area contributed by atoms with E-state index in [4.69, 9.17) is 12.2 Å². The summed E-state index contributed by atoms with van der Waals surface area (Å²) in [5, 5.41) is 5.68. The van der Waals surface area contributed by atoms with Gasteiger partial charge in [0.25, 0.3) is 5.91 Å². The van der Waals surface area contributed by atoms with Crippen LogP contribution < -0.4 is 10.6 Å². The van der Waals surface area contributed by atoms with Crippen LogP contribution in [0.25, 0.3) is 6.08 Å². The Labute approximate surface area is 93.2 Å². The zero-order valence-corrected chi connectivity index (χ0v) is 9.02. The maximum atomic E-state index is 11.3. The first kappa shape index (κ1) is 9.86. The van der Waals surface area contributed by atoms with Crippen molar-refractivity contribution in [1.82, 2.24) is 10.6 Å². The van der Waals surface area contributed by atoms with Crippen molar-refractivity contribution < 1.29 is 4.79 Å². The summed E-state index contributed by atoms with van der Waals surface area (Å²) in [5.74, 6) is -0.179. The van der Waals surface area contributed by atoms with E-state index in [0.29, 0.717) is 10.8 Å². The number of hydrogen-bond acceptors (Lipinski definition) is 2. The molecule has 15 heavy (non-hydrogen) atoms. The van der Waals surface area contributed by atoms with E-state index < -0.39 is 0 Å². The Kier molecular flexibility index (Phi) is 2.51. The van der Waals surface area contributed by atoms with E-state index in [1.807, 2.05) is 31.2 Å². The lowest BCUT2D eigenvalue weighted by Gasteiger charge is -1.97. The smallest absolute Gasteiger partial charge is 0.273 e. The second kappa shape index (κ2) is 3.82. The molecule has 0 spiro atoms. The van der Waals surface area contributed by atoms with Crippen LogP contribution in [-0.4, -0.2) is 11.0 Å². The van der Waals surface area contributed by atoms with Gasteiger partial charge in [0.15, 0.2) is 5.11 Å². The molecule has 4 heteroatoms. The highest BCUT2D eigenvalue weighted by Crippen LogP contribution is 2.09. The summed E-state index contributed by atoms with van der Waals surface area (Å²) in [4.78, 5) is 11.3. The van der Waals surface area contributed by atoms with Gasteiger partial charge in [-0.15, -0.1) is 0 Å². The summed E-state index contributed by atoms with van der Waals surface area (Å²) in [6, 6.07) is 7.90. The van der Waals surface area contributed by atoms with Crippen molar-refractivity contribution in [2.45, 2.75) is 6.92 Å². The monoisotopic (exact) mass is 218 g/mol. The third kappa shape index (κ3) is 2.22. The fraction of sp³-hybridized carbons (Fsp3) is 0.0909. The van der Waals surface area contributed by atoms with Crippen molar-refractivity contribution in [2.75, 3.05) is 0 Å². The van der Waals surface area contributed by atoms with Crippen molar-refractivity contribution >= 4 is 29.3 Å². The van der Waals surface area contributed by atoms with Crippen molar-refractivity contribution in [1.29, 1.82) is 0 Å². The van der Waals surface area contributed by atoms with Gasteiger partial charge in [0.2, 0.25) is 0 Å². The highest BCUT2D eigenvalue weighted by Gasteiger charge is 2.19. The van der Waals surface area contributed by atoms with Crippen molar-refractivity contribution in [3.8, 4) is 0 Å². The van der Waals surface area contributed by atoms with Crippen LogP contribution >= 0.6 is 12.2 Å². The maximum absolute atomic E-state index is 11.3. The van der Waals surface area contributed by atoms with E-state index in [1.54, 1.807) is 6.08 Å². The highest BCUT2D eigenvalue weighted by molar-refractivity contribution is 7.80. The number of rotatable bonds is 1.